The highest BCUT2D eigenvalue weighted by Gasteiger charge is 2.42. The van der Waals surface area contributed by atoms with E-state index in [9.17, 15) is 9.59 Å². The number of hydrogen-bond acceptors (Lipinski definition) is 7. The number of carbonyl (C=O) groups is 2. The normalized spacial score (nSPS) is 20.7. The number of aliphatic hydroxyl groups excluding tert-OH is 1. The van der Waals surface area contributed by atoms with Crippen molar-refractivity contribution in [2.45, 2.75) is 19.4 Å². The summed E-state index contributed by atoms with van der Waals surface area (Å²) in [6.07, 6.45) is 0.733. The Balaban J connectivity index is 1.40. The Morgan fingerprint density at radius 2 is 2.06 bits per heavy atom. The third kappa shape index (κ3) is 4.70. The minimum Gasteiger partial charge on any atom is -0.487 e. The van der Waals surface area contributed by atoms with E-state index in [4.69, 9.17) is 14.4 Å². The molecule has 2 saturated heterocycles. The van der Waals surface area contributed by atoms with Gasteiger partial charge in [0.05, 0.1) is 30.2 Å². The summed E-state index contributed by atoms with van der Waals surface area (Å²) in [5.41, 5.74) is 0.808. The number of nitrogens with zero attached hydrogens (tertiary/aromatic N) is 4. The van der Waals surface area contributed by atoms with Crippen LogP contribution in [-0.4, -0.2) is 77.2 Å². The molecule has 0 saturated carbocycles. The first kappa shape index (κ1) is 22.8. The van der Waals surface area contributed by atoms with Crippen molar-refractivity contribution < 1.29 is 28.3 Å². The summed E-state index contributed by atoms with van der Waals surface area (Å²) in [5.74, 6) is -0.630. The SMILES string of the molecule is Cc1nocc1C(=O)N1CCN(c2ccc(N3C[C@](C)(CNC(O)=S)OC3=O)cc2F)CC1. The molecule has 0 spiro atoms. The zero-order chi connectivity index (χ0) is 23.8. The molecular weight excluding hydrogens is 453 g/mol. The first-order chi connectivity index (χ1) is 15.7. The molecular formula is C21H24FN5O5S. The Morgan fingerprint density at radius 3 is 2.67 bits per heavy atom. The fraction of sp³-hybridized carbons (Fsp3) is 0.429. The highest BCUT2D eigenvalue weighted by atomic mass is 32.1. The fourth-order valence-corrected chi connectivity index (χ4v) is 4.06. The highest BCUT2D eigenvalue weighted by Crippen LogP contribution is 2.31. The van der Waals surface area contributed by atoms with Crippen LogP contribution in [0.2, 0.25) is 0 Å². The van der Waals surface area contributed by atoms with Gasteiger partial charge in [-0.1, -0.05) is 5.16 Å². The van der Waals surface area contributed by atoms with Gasteiger partial charge in [0, 0.05) is 26.2 Å². The average molecular weight is 478 g/mol. The van der Waals surface area contributed by atoms with E-state index in [0.717, 1.165) is 0 Å². The van der Waals surface area contributed by atoms with E-state index in [1.54, 1.807) is 30.9 Å². The van der Waals surface area contributed by atoms with E-state index >= 15 is 4.39 Å². The number of piperazine rings is 1. The lowest BCUT2D eigenvalue weighted by atomic mass is 10.1. The number of cyclic esters (lactones) is 1. The van der Waals surface area contributed by atoms with E-state index in [2.05, 4.69) is 22.7 Å². The summed E-state index contributed by atoms with van der Waals surface area (Å²) in [6, 6.07) is 4.58. The summed E-state index contributed by atoms with van der Waals surface area (Å²) < 4.78 is 25.3. The Kier molecular flexibility index (Phi) is 6.11. The fourth-order valence-electron chi connectivity index (χ4n) is 3.99. The van der Waals surface area contributed by atoms with Crippen LogP contribution in [0.3, 0.4) is 0 Å². The number of halogens is 1. The van der Waals surface area contributed by atoms with Gasteiger partial charge in [-0.25, -0.2) is 9.18 Å². The van der Waals surface area contributed by atoms with Crippen molar-refractivity contribution in [2.24, 2.45) is 0 Å². The number of ether oxygens (including phenoxy) is 1. The first-order valence-corrected chi connectivity index (χ1v) is 10.8. The lowest BCUT2D eigenvalue weighted by molar-refractivity contribution is 0.0738. The molecule has 2 aliphatic heterocycles. The van der Waals surface area contributed by atoms with Crippen molar-refractivity contribution >= 4 is 40.8 Å². The van der Waals surface area contributed by atoms with E-state index in [1.807, 2.05) is 4.90 Å². The Morgan fingerprint density at radius 1 is 1.33 bits per heavy atom. The van der Waals surface area contributed by atoms with Gasteiger partial charge in [-0.15, -0.1) is 0 Å². The number of nitrogens with one attached hydrogen (secondary N) is 1. The minimum absolute atomic E-state index is 0.128. The van der Waals surface area contributed by atoms with Crippen molar-refractivity contribution in [3.63, 3.8) is 0 Å². The van der Waals surface area contributed by atoms with Gasteiger partial charge in [0.15, 0.2) is 0 Å². The third-order valence-electron chi connectivity index (χ3n) is 5.79. The largest absolute Gasteiger partial charge is 0.487 e. The van der Waals surface area contributed by atoms with Gasteiger partial charge in [0.1, 0.15) is 23.2 Å². The molecule has 2 fully saturated rings. The van der Waals surface area contributed by atoms with Crippen LogP contribution in [0.15, 0.2) is 29.0 Å². The summed E-state index contributed by atoms with van der Waals surface area (Å²) in [5, 5.41) is 15.1. The second-order valence-electron chi connectivity index (χ2n) is 8.29. The molecule has 1 aromatic carbocycles. The molecule has 33 heavy (non-hydrogen) atoms. The zero-order valence-corrected chi connectivity index (χ0v) is 19.0. The number of rotatable bonds is 5. The highest BCUT2D eigenvalue weighted by molar-refractivity contribution is 7.79. The Hall–Kier alpha value is -3.41. The quantitative estimate of drug-likeness (QED) is 0.626. The maximum Gasteiger partial charge on any atom is 0.415 e. The second-order valence-corrected chi connectivity index (χ2v) is 8.68. The minimum atomic E-state index is -0.926. The molecule has 0 unspecified atom stereocenters. The number of aromatic nitrogens is 1. The van der Waals surface area contributed by atoms with Crippen molar-refractivity contribution in [3.8, 4) is 0 Å². The molecule has 3 heterocycles. The van der Waals surface area contributed by atoms with Crippen molar-refractivity contribution in [2.75, 3.05) is 49.1 Å². The Bertz CT molecular complexity index is 1090. The van der Waals surface area contributed by atoms with Crippen LogP contribution in [0.5, 0.6) is 0 Å². The van der Waals surface area contributed by atoms with Gasteiger partial charge in [-0.3, -0.25) is 9.69 Å². The second kappa shape index (κ2) is 8.85. The Labute approximate surface area is 194 Å². The summed E-state index contributed by atoms with van der Waals surface area (Å²) in [7, 11) is 0. The lowest BCUT2D eigenvalue weighted by Crippen LogP contribution is -2.49. The molecule has 2 aromatic rings. The molecule has 0 aliphatic carbocycles. The van der Waals surface area contributed by atoms with Crippen molar-refractivity contribution in [1.82, 2.24) is 15.4 Å². The summed E-state index contributed by atoms with van der Waals surface area (Å²) in [4.78, 5) is 29.9. The number of hydrogen-bond donors (Lipinski definition) is 2. The molecule has 1 aromatic heterocycles. The number of aliphatic hydroxyl groups is 1. The van der Waals surface area contributed by atoms with Gasteiger partial charge >= 0.3 is 6.09 Å². The molecule has 1 atom stereocenters. The van der Waals surface area contributed by atoms with E-state index in [-0.39, 0.29) is 24.2 Å². The average Bonchev–Trinajstić information content (AvgIpc) is 3.34. The number of thiocarbonyl (C=S) groups is 1. The predicted molar refractivity (Wildman–Crippen MR) is 121 cm³/mol. The topological polar surface area (TPSA) is 111 Å². The zero-order valence-electron chi connectivity index (χ0n) is 18.2. The number of benzene rings is 1. The number of amides is 2. The predicted octanol–water partition coefficient (Wildman–Crippen LogP) is 2.23. The molecule has 2 aliphatic rings. The van der Waals surface area contributed by atoms with Gasteiger partial charge in [-0.05, 0) is 44.3 Å². The molecule has 12 heteroatoms. The van der Waals surface area contributed by atoms with E-state index < -0.39 is 17.5 Å². The van der Waals surface area contributed by atoms with Crippen LogP contribution in [-0.2, 0) is 4.74 Å². The molecule has 0 radical (unpaired) electrons. The molecule has 4 rings (SSSR count). The molecule has 0 bridgehead atoms. The van der Waals surface area contributed by atoms with Gasteiger partial charge in [0.2, 0.25) is 0 Å². The molecule has 10 nitrogen and oxygen atoms in total. The summed E-state index contributed by atoms with van der Waals surface area (Å²) in [6.45, 7) is 5.49. The van der Waals surface area contributed by atoms with Gasteiger partial charge in [-0.2, -0.15) is 0 Å². The maximum absolute atomic E-state index is 15.0. The van der Waals surface area contributed by atoms with Crippen LogP contribution >= 0.6 is 12.2 Å². The van der Waals surface area contributed by atoms with Crippen LogP contribution in [0.25, 0.3) is 0 Å². The number of anilines is 2. The number of carbonyl (C=O) groups excluding carboxylic acids is 2. The third-order valence-corrected chi connectivity index (χ3v) is 5.94. The summed E-state index contributed by atoms with van der Waals surface area (Å²) >= 11 is 4.58. The van der Waals surface area contributed by atoms with Crippen LogP contribution in [0.4, 0.5) is 20.6 Å². The molecule has 2 N–H and O–H groups in total. The molecule has 2 amide bonds. The van der Waals surface area contributed by atoms with Crippen LogP contribution in [0.1, 0.15) is 23.0 Å². The van der Waals surface area contributed by atoms with Crippen molar-refractivity contribution in [3.05, 3.63) is 41.5 Å². The van der Waals surface area contributed by atoms with Gasteiger partial charge in [0.25, 0.3) is 11.1 Å². The van der Waals surface area contributed by atoms with E-state index in [1.165, 1.54) is 17.2 Å². The maximum atomic E-state index is 15.0. The standard InChI is InChI=1S/C21H24FN5O5S/c1-13-15(10-31-24-13)18(28)26-7-5-25(6-8-26)17-4-3-14(9-16(17)22)27-12-21(2,32-20(27)30)11-23-19(29)33/h3-4,9-10H,5-8,11-12H2,1-2H3,(H2,23,29,33)/t21-/m0/s1. The van der Waals surface area contributed by atoms with Crippen molar-refractivity contribution in [1.29, 1.82) is 0 Å². The lowest BCUT2D eigenvalue weighted by Gasteiger charge is -2.36. The van der Waals surface area contributed by atoms with Gasteiger partial charge < -0.3 is 29.5 Å². The first-order valence-electron chi connectivity index (χ1n) is 10.4. The van der Waals surface area contributed by atoms with E-state index in [0.29, 0.717) is 48.8 Å². The molecule has 176 valence electrons. The van der Waals surface area contributed by atoms with Crippen LogP contribution < -0.4 is 15.1 Å². The van der Waals surface area contributed by atoms with Crippen LogP contribution in [0, 0.1) is 12.7 Å². The monoisotopic (exact) mass is 477 g/mol. The number of aryl methyl sites for hydroxylation is 1. The smallest absolute Gasteiger partial charge is 0.415 e.